The number of aromatic nitrogens is 1. The first-order valence-corrected chi connectivity index (χ1v) is 7.81. The van der Waals surface area contributed by atoms with Gasteiger partial charge < -0.3 is 0 Å². The second-order valence-electron chi connectivity index (χ2n) is 4.94. The van der Waals surface area contributed by atoms with Gasteiger partial charge in [0, 0.05) is 16.5 Å². The minimum Gasteiger partial charge on any atom is -0.298 e. The van der Waals surface area contributed by atoms with Crippen molar-refractivity contribution in [1.29, 1.82) is 0 Å². The molecule has 1 heterocycles. The van der Waals surface area contributed by atoms with Crippen LogP contribution in [0.2, 0.25) is 0 Å². The molecule has 0 fully saturated rings. The van der Waals surface area contributed by atoms with Gasteiger partial charge in [-0.05, 0) is 24.3 Å². The molecule has 0 saturated carbocycles. The van der Waals surface area contributed by atoms with E-state index in [1.54, 1.807) is 41.8 Å². The Hall–Kier alpha value is -2.67. The maximum atomic E-state index is 12.8. The van der Waals surface area contributed by atoms with Crippen LogP contribution in [0.4, 0.5) is 18.3 Å². The average Bonchev–Trinajstić information content (AvgIpc) is 3.03. The lowest BCUT2D eigenvalue weighted by Crippen LogP contribution is -2.11. The molecule has 1 amide bonds. The van der Waals surface area contributed by atoms with E-state index >= 15 is 0 Å². The third kappa shape index (κ3) is 3.62. The number of carbonyl (C=O) groups excluding carboxylic acids is 1. The molecular formula is C17H11F3N2OS. The summed E-state index contributed by atoms with van der Waals surface area (Å²) in [6, 6.07) is 13.5. The van der Waals surface area contributed by atoms with Gasteiger partial charge in [-0.2, -0.15) is 13.2 Å². The number of thiazole rings is 1. The number of hydrogen-bond donors (Lipinski definition) is 1. The van der Waals surface area contributed by atoms with Gasteiger partial charge in [-0.3, -0.25) is 10.1 Å². The maximum absolute atomic E-state index is 12.8. The summed E-state index contributed by atoms with van der Waals surface area (Å²) in [6.07, 6.45) is -4.41. The lowest BCUT2D eigenvalue weighted by molar-refractivity contribution is -0.137. The Morgan fingerprint density at radius 2 is 1.79 bits per heavy atom. The molecule has 0 saturated heterocycles. The van der Waals surface area contributed by atoms with Crippen molar-refractivity contribution in [3.8, 4) is 11.3 Å². The second kappa shape index (κ2) is 6.45. The number of amides is 1. The average molecular weight is 348 g/mol. The molecule has 3 nitrogen and oxygen atoms in total. The normalized spacial score (nSPS) is 11.3. The third-order valence-electron chi connectivity index (χ3n) is 3.25. The molecule has 2 aromatic carbocycles. The highest BCUT2D eigenvalue weighted by atomic mass is 32.1. The number of alkyl halides is 3. The monoisotopic (exact) mass is 348 g/mol. The fraction of sp³-hybridized carbons (Fsp3) is 0.0588. The second-order valence-corrected chi connectivity index (χ2v) is 5.79. The summed E-state index contributed by atoms with van der Waals surface area (Å²) in [5, 5.41) is 4.58. The van der Waals surface area contributed by atoms with Gasteiger partial charge in [-0.1, -0.05) is 30.3 Å². The molecule has 0 atom stereocenters. The van der Waals surface area contributed by atoms with Crippen molar-refractivity contribution in [3.63, 3.8) is 0 Å². The van der Waals surface area contributed by atoms with Crippen LogP contribution in [0.15, 0.2) is 60.0 Å². The van der Waals surface area contributed by atoms with Crippen LogP contribution in [0.5, 0.6) is 0 Å². The van der Waals surface area contributed by atoms with E-state index in [9.17, 15) is 18.0 Å². The van der Waals surface area contributed by atoms with Gasteiger partial charge in [0.25, 0.3) is 5.91 Å². The molecule has 0 aliphatic heterocycles. The number of nitrogens with zero attached hydrogens (tertiary/aromatic N) is 1. The molecule has 0 bridgehead atoms. The van der Waals surface area contributed by atoms with Gasteiger partial charge in [0.2, 0.25) is 0 Å². The van der Waals surface area contributed by atoms with E-state index in [1.807, 2.05) is 0 Å². The van der Waals surface area contributed by atoms with E-state index in [1.165, 1.54) is 6.07 Å². The molecule has 0 aliphatic rings. The molecule has 1 N–H and O–H groups in total. The summed E-state index contributed by atoms with van der Waals surface area (Å²) >= 11 is 1.16. The van der Waals surface area contributed by atoms with Crippen LogP contribution < -0.4 is 5.32 Å². The highest BCUT2D eigenvalue weighted by Gasteiger charge is 2.30. The number of nitrogens with one attached hydrogen (secondary N) is 1. The van der Waals surface area contributed by atoms with Crippen molar-refractivity contribution in [2.24, 2.45) is 0 Å². The third-order valence-corrected chi connectivity index (χ3v) is 4.00. The molecule has 24 heavy (non-hydrogen) atoms. The van der Waals surface area contributed by atoms with Gasteiger partial charge in [-0.25, -0.2) is 4.98 Å². The highest BCUT2D eigenvalue weighted by molar-refractivity contribution is 7.14. The molecular weight excluding hydrogens is 337 g/mol. The van der Waals surface area contributed by atoms with E-state index in [0.29, 0.717) is 22.0 Å². The van der Waals surface area contributed by atoms with Crippen LogP contribution in [0, 0.1) is 0 Å². The fourth-order valence-corrected chi connectivity index (χ4v) is 2.79. The topological polar surface area (TPSA) is 42.0 Å². The summed E-state index contributed by atoms with van der Waals surface area (Å²) in [5.41, 5.74) is 0.479. The molecule has 3 rings (SSSR count). The number of halogens is 3. The lowest BCUT2D eigenvalue weighted by Gasteiger charge is -2.07. The Bertz CT molecular complexity index is 860. The van der Waals surface area contributed by atoms with Gasteiger partial charge in [0.05, 0.1) is 11.3 Å². The number of hydrogen-bond acceptors (Lipinski definition) is 3. The number of benzene rings is 2. The van der Waals surface area contributed by atoms with E-state index in [0.717, 1.165) is 23.5 Å². The molecule has 0 spiro atoms. The predicted octanol–water partition coefficient (Wildman–Crippen LogP) is 5.08. The molecule has 7 heteroatoms. The van der Waals surface area contributed by atoms with Crippen LogP contribution in [0.25, 0.3) is 11.3 Å². The zero-order chi connectivity index (χ0) is 17.2. The van der Waals surface area contributed by atoms with Gasteiger partial charge >= 0.3 is 6.18 Å². The zero-order valence-electron chi connectivity index (χ0n) is 12.2. The minimum absolute atomic E-state index is 0.319. The van der Waals surface area contributed by atoms with Crippen LogP contribution in [0.1, 0.15) is 15.9 Å². The van der Waals surface area contributed by atoms with Crippen molar-refractivity contribution in [2.45, 2.75) is 6.18 Å². The Balaban J connectivity index is 1.80. The predicted molar refractivity (Wildman–Crippen MR) is 86.9 cm³/mol. The molecule has 1 aromatic heterocycles. The standard InChI is InChI=1S/C17H11F3N2OS/c18-17(19,20)13-8-4-7-12(9-13)14-10-24-16(21-14)22-15(23)11-5-2-1-3-6-11/h1-10H,(H,21,22,23). The van der Waals surface area contributed by atoms with E-state index in [4.69, 9.17) is 0 Å². The molecule has 122 valence electrons. The Morgan fingerprint density at radius 3 is 2.50 bits per heavy atom. The van der Waals surface area contributed by atoms with E-state index < -0.39 is 11.7 Å². The van der Waals surface area contributed by atoms with Crippen LogP contribution in [0.3, 0.4) is 0 Å². The molecule has 0 aliphatic carbocycles. The Labute approximate surface area is 139 Å². The van der Waals surface area contributed by atoms with Gasteiger partial charge in [0.1, 0.15) is 0 Å². The van der Waals surface area contributed by atoms with Crippen molar-refractivity contribution < 1.29 is 18.0 Å². The minimum atomic E-state index is -4.41. The van der Waals surface area contributed by atoms with E-state index in [2.05, 4.69) is 10.3 Å². The summed E-state index contributed by atoms with van der Waals surface area (Å²) in [4.78, 5) is 16.2. The summed E-state index contributed by atoms with van der Waals surface area (Å²) in [7, 11) is 0. The molecule has 0 radical (unpaired) electrons. The van der Waals surface area contributed by atoms with Crippen molar-refractivity contribution in [3.05, 3.63) is 71.1 Å². The number of anilines is 1. The Kier molecular flexibility index (Phi) is 4.35. The van der Waals surface area contributed by atoms with Crippen molar-refractivity contribution in [1.82, 2.24) is 4.98 Å². The SMILES string of the molecule is O=C(Nc1nc(-c2cccc(C(F)(F)F)c2)cs1)c1ccccc1. The zero-order valence-corrected chi connectivity index (χ0v) is 13.0. The van der Waals surface area contributed by atoms with Crippen LogP contribution in [-0.2, 0) is 6.18 Å². The van der Waals surface area contributed by atoms with Crippen LogP contribution >= 0.6 is 11.3 Å². The molecule has 0 unspecified atom stereocenters. The fourth-order valence-electron chi connectivity index (χ4n) is 2.08. The highest BCUT2D eigenvalue weighted by Crippen LogP contribution is 2.33. The lowest BCUT2D eigenvalue weighted by atomic mass is 10.1. The first kappa shape index (κ1) is 16.2. The van der Waals surface area contributed by atoms with Gasteiger partial charge in [0.15, 0.2) is 5.13 Å². The van der Waals surface area contributed by atoms with Crippen molar-refractivity contribution in [2.75, 3.05) is 5.32 Å². The largest absolute Gasteiger partial charge is 0.416 e. The smallest absolute Gasteiger partial charge is 0.298 e. The summed E-state index contributed by atoms with van der Waals surface area (Å²) in [5.74, 6) is -0.319. The molecule has 3 aromatic rings. The van der Waals surface area contributed by atoms with Crippen molar-refractivity contribution >= 4 is 22.4 Å². The summed E-state index contributed by atoms with van der Waals surface area (Å²) < 4.78 is 38.3. The van der Waals surface area contributed by atoms with Crippen LogP contribution in [-0.4, -0.2) is 10.9 Å². The summed E-state index contributed by atoms with van der Waals surface area (Å²) in [6.45, 7) is 0. The Morgan fingerprint density at radius 1 is 1.04 bits per heavy atom. The first-order chi connectivity index (χ1) is 11.4. The first-order valence-electron chi connectivity index (χ1n) is 6.93. The number of carbonyl (C=O) groups is 1. The van der Waals surface area contributed by atoms with E-state index in [-0.39, 0.29) is 5.91 Å². The number of rotatable bonds is 3. The maximum Gasteiger partial charge on any atom is 0.416 e. The quantitative estimate of drug-likeness (QED) is 0.717. The van der Waals surface area contributed by atoms with Gasteiger partial charge in [-0.15, -0.1) is 11.3 Å².